The Morgan fingerprint density at radius 1 is 0.843 bits per heavy atom. The number of fused-ring (bicyclic) bond motifs is 2. The minimum absolute atomic E-state index is 0.000657. The second kappa shape index (κ2) is 13.9. The molecule has 1 atom stereocenters. The Hall–Kier alpha value is -5.67. The molecule has 7 rings (SSSR count). The zero-order valence-electron chi connectivity index (χ0n) is 29.5. The highest BCUT2D eigenvalue weighted by Gasteiger charge is 2.32. The number of para-hydroxylation sites is 1. The zero-order chi connectivity index (χ0) is 35.8. The summed E-state index contributed by atoms with van der Waals surface area (Å²) in [5.41, 5.74) is 9.49. The molecule has 0 aliphatic carbocycles. The lowest BCUT2D eigenvalue weighted by atomic mass is 9.89. The number of aromatic hydroxyl groups is 1. The second-order valence-electron chi connectivity index (χ2n) is 13.8. The summed E-state index contributed by atoms with van der Waals surface area (Å²) in [5.74, 6) is -0.183. The molecule has 4 aromatic carbocycles. The van der Waals surface area contributed by atoms with Crippen LogP contribution in [0.25, 0.3) is 11.3 Å². The molecular formula is C42H43N5O4. The van der Waals surface area contributed by atoms with E-state index in [4.69, 9.17) is 0 Å². The lowest BCUT2D eigenvalue weighted by Gasteiger charge is -2.36. The van der Waals surface area contributed by atoms with Crippen molar-refractivity contribution in [1.29, 1.82) is 0 Å². The third kappa shape index (κ3) is 6.77. The number of carbonyl (C=O) groups is 3. The number of aromatic nitrogens is 1. The van der Waals surface area contributed by atoms with E-state index in [2.05, 4.69) is 35.3 Å². The first-order valence-electron chi connectivity index (χ1n) is 17.4. The van der Waals surface area contributed by atoms with Crippen LogP contribution in [0.3, 0.4) is 0 Å². The number of nitrogens with zero attached hydrogens (tertiary/aromatic N) is 4. The van der Waals surface area contributed by atoms with Gasteiger partial charge in [0.1, 0.15) is 5.75 Å². The first kappa shape index (κ1) is 33.8. The highest BCUT2D eigenvalue weighted by molar-refractivity contribution is 6.08. The quantitative estimate of drug-likeness (QED) is 0.203. The molecule has 9 nitrogen and oxygen atoms in total. The van der Waals surface area contributed by atoms with Crippen molar-refractivity contribution in [3.05, 3.63) is 136 Å². The molecule has 260 valence electrons. The average Bonchev–Trinajstić information content (AvgIpc) is 3.43. The second-order valence-corrected chi connectivity index (χ2v) is 13.8. The van der Waals surface area contributed by atoms with E-state index in [9.17, 15) is 19.5 Å². The Kier molecular flexibility index (Phi) is 9.23. The lowest BCUT2D eigenvalue weighted by molar-refractivity contribution is -0.117. The molecule has 0 saturated heterocycles. The van der Waals surface area contributed by atoms with Gasteiger partial charge in [0, 0.05) is 73.7 Å². The van der Waals surface area contributed by atoms with Crippen molar-refractivity contribution in [2.75, 3.05) is 30.4 Å². The molecule has 0 unspecified atom stereocenters. The minimum Gasteiger partial charge on any atom is -0.508 e. The minimum atomic E-state index is -0.184. The average molecular weight is 682 g/mol. The Morgan fingerprint density at radius 2 is 1.55 bits per heavy atom. The van der Waals surface area contributed by atoms with Gasteiger partial charge < -0.3 is 24.8 Å². The predicted molar refractivity (Wildman–Crippen MR) is 200 cm³/mol. The number of phenols is 1. The summed E-state index contributed by atoms with van der Waals surface area (Å²) in [6.07, 6.45) is 1.50. The summed E-state index contributed by atoms with van der Waals surface area (Å²) >= 11 is 0. The number of phenolic OH excluding ortho intramolecular Hbond substituents is 1. The van der Waals surface area contributed by atoms with Crippen molar-refractivity contribution >= 4 is 29.1 Å². The fourth-order valence-corrected chi connectivity index (χ4v) is 7.37. The first-order chi connectivity index (χ1) is 24.6. The van der Waals surface area contributed by atoms with Gasteiger partial charge in [-0.3, -0.25) is 19.3 Å². The van der Waals surface area contributed by atoms with Crippen LogP contribution in [0.5, 0.6) is 5.75 Å². The van der Waals surface area contributed by atoms with Gasteiger partial charge in [0.2, 0.25) is 5.91 Å². The van der Waals surface area contributed by atoms with E-state index in [0.717, 1.165) is 52.2 Å². The van der Waals surface area contributed by atoms with Crippen LogP contribution in [-0.4, -0.2) is 63.4 Å². The highest BCUT2D eigenvalue weighted by Crippen LogP contribution is 2.36. The van der Waals surface area contributed by atoms with Crippen LogP contribution in [0.2, 0.25) is 0 Å². The summed E-state index contributed by atoms with van der Waals surface area (Å²) in [4.78, 5) is 47.3. The Morgan fingerprint density at radius 3 is 2.29 bits per heavy atom. The van der Waals surface area contributed by atoms with Gasteiger partial charge in [-0.05, 0) is 104 Å². The largest absolute Gasteiger partial charge is 0.508 e. The number of rotatable bonds is 7. The summed E-state index contributed by atoms with van der Waals surface area (Å²) in [6, 6.07) is 30.3. The molecule has 5 aromatic rings. The number of nitrogens with one attached hydrogen (secondary N) is 1. The molecule has 0 saturated carbocycles. The molecule has 0 bridgehead atoms. The van der Waals surface area contributed by atoms with E-state index in [1.165, 1.54) is 5.56 Å². The number of anilines is 2. The van der Waals surface area contributed by atoms with E-state index in [-0.39, 0.29) is 36.1 Å². The topological polar surface area (TPSA) is 98.1 Å². The van der Waals surface area contributed by atoms with Gasteiger partial charge in [-0.2, -0.15) is 0 Å². The van der Waals surface area contributed by atoms with Crippen molar-refractivity contribution in [3.63, 3.8) is 0 Å². The molecule has 2 aliphatic rings. The molecule has 0 spiro atoms. The standard InChI is InChI=1S/C42H43N5O4/c1-27-20-29-10-8-9-11-31(29)25-47(27)42(51)38-22-32-24-46(26-40(49)43-33-12-6-5-7-13-33)19-18-30(32)21-37(38)39-23-36(28(2)44(39)3)41(50)45(4)34-14-16-35(48)17-15-34/h5-17,21-23,27,48H,18-20,24-26H2,1-4H3,(H,43,49)/t27-/m1/s1. The summed E-state index contributed by atoms with van der Waals surface area (Å²) in [6.45, 7) is 6.03. The Labute approximate surface area is 298 Å². The number of amides is 3. The SMILES string of the molecule is Cc1c(C(=O)N(C)c2ccc(O)cc2)cc(-c2cc3c(cc2C(=O)N2Cc4ccccc4C[C@H]2C)CN(CC(=O)Nc2ccccc2)CC3)n1C. The molecule has 2 N–H and O–H groups in total. The predicted octanol–water partition coefficient (Wildman–Crippen LogP) is 6.57. The molecule has 0 fully saturated rings. The normalized spacial score (nSPS) is 15.5. The van der Waals surface area contributed by atoms with Crippen molar-refractivity contribution in [2.24, 2.45) is 7.05 Å². The van der Waals surface area contributed by atoms with Gasteiger partial charge in [-0.1, -0.05) is 42.5 Å². The van der Waals surface area contributed by atoms with Gasteiger partial charge in [0.05, 0.1) is 12.1 Å². The molecule has 3 heterocycles. The molecule has 0 radical (unpaired) electrons. The maximum atomic E-state index is 14.8. The van der Waals surface area contributed by atoms with Crippen LogP contribution in [0, 0.1) is 6.92 Å². The van der Waals surface area contributed by atoms with E-state index in [1.807, 2.05) is 78.0 Å². The van der Waals surface area contributed by atoms with Crippen LogP contribution >= 0.6 is 0 Å². The highest BCUT2D eigenvalue weighted by atomic mass is 16.3. The zero-order valence-corrected chi connectivity index (χ0v) is 29.5. The Balaban J connectivity index is 1.24. The van der Waals surface area contributed by atoms with Crippen LogP contribution in [-0.2, 0) is 37.8 Å². The molecule has 51 heavy (non-hydrogen) atoms. The van der Waals surface area contributed by atoms with E-state index < -0.39 is 0 Å². The summed E-state index contributed by atoms with van der Waals surface area (Å²) in [5, 5.41) is 12.8. The van der Waals surface area contributed by atoms with Crippen LogP contribution < -0.4 is 10.2 Å². The molecular weight excluding hydrogens is 638 g/mol. The van der Waals surface area contributed by atoms with Crippen molar-refractivity contribution < 1.29 is 19.5 Å². The van der Waals surface area contributed by atoms with Crippen LogP contribution in [0.4, 0.5) is 11.4 Å². The van der Waals surface area contributed by atoms with E-state index in [0.29, 0.717) is 36.4 Å². The van der Waals surface area contributed by atoms with Gasteiger partial charge >= 0.3 is 0 Å². The van der Waals surface area contributed by atoms with Gasteiger partial charge in [-0.25, -0.2) is 0 Å². The van der Waals surface area contributed by atoms with Crippen LogP contribution in [0.1, 0.15) is 55.6 Å². The van der Waals surface area contributed by atoms with E-state index in [1.54, 1.807) is 36.2 Å². The third-order valence-electron chi connectivity index (χ3n) is 10.4. The van der Waals surface area contributed by atoms with Gasteiger partial charge in [0.25, 0.3) is 11.8 Å². The van der Waals surface area contributed by atoms with Crippen molar-refractivity contribution in [2.45, 2.75) is 45.8 Å². The molecule has 9 heteroatoms. The first-order valence-corrected chi connectivity index (χ1v) is 17.4. The maximum absolute atomic E-state index is 14.8. The molecule has 3 amide bonds. The number of hydrogen-bond acceptors (Lipinski definition) is 5. The summed E-state index contributed by atoms with van der Waals surface area (Å²) < 4.78 is 1.99. The fraction of sp³-hybridized carbons (Fsp3) is 0.262. The summed E-state index contributed by atoms with van der Waals surface area (Å²) in [7, 11) is 3.65. The van der Waals surface area contributed by atoms with E-state index >= 15 is 0 Å². The number of carbonyl (C=O) groups excluding carboxylic acids is 3. The monoisotopic (exact) mass is 681 g/mol. The molecule has 2 aliphatic heterocycles. The number of hydrogen-bond donors (Lipinski definition) is 2. The van der Waals surface area contributed by atoms with Gasteiger partial charge in [-0.15, -0.1) is 0 Å². The van der Waals surface area contributed by atoms with Gasteiger partial charge in [0.15, 0.2) is 0 Å². The smallest absolute Gasteiger partial charge is 0.259 e. The Bertz CT molecular complexity index is 2120. The molecule has 1 aromatic heterocycles. The third-order valence-corrected chi connectivity index (χ3v) is 10.4. The number of benzene rings is 4. The van der Waals surface area contributed by atoms with Crippen LogP contribution in [0.15, 0.2) is 97.1 Å². The fourth-order valence-electron chi connectivity index (χ4n) is 7.37. The maximum Gasteiger partial charge on any atom is 0.259 e. The van der Waals surface area contributed by atoms with Crippen molar-refractivity contribution in [3.8, 4) is 17.0 Å². The van der Waals surface area contributed by atoms with Crippen molar-refractivity contribution in [1.82, 2.24) is 14.4 Å². The lowest BCUT2D eigenvalue weighted by Crippen LogP contribution is -2.43.